The van der Waals surface area contributed by atoms with E-state index in [4.69, 9.17) is 0 Å². The summed E-state index contributed by atoms with van der Waals surface area (Å²) in [7, 11) is -3.30. The van der Waals surface area contributed by atoms with Crippen molar-refractivity contribution in [1.29, 1.82) is 0 Å². The molecule has 0 aliphatic carbocycles. The lowest BCUT2D eigenvalue weighted by Crippen LogP contribution is -2.30. The Morgan fingerprint density at radius 2 is 2.24 bits per heavy atom. The summed E-state index contributed by atoms with van der Waals surface area (Å²) in [6.07, 6.45) is 1.54. The highest BCUT2D eigenvalue weighted by atomic mass is 32.2. The third kappa shape index (κ3) is 2.50. The number of fused-ring (bicyclic) bond motifs is 1. The summed E-state index contributed by atoms with van der Waals surface area (Å²) in [6.45, 7) is 2.89. The molecule has 17 heavy (non-hydrogen) atoms. The first-order chi connectivity index (χ1) is 8.04. The van der Waals surface area contributed by atoms with E-state index in [1.807, 2.05) is 0 Å². The molecule has 0 radical (unpaired) electrons. The molecule has 0 saturated carbocycles. The number of benzene rings is 1. The third-order valence-electron chi connectivity index (χ3n) is 3.00. The maximum absolute atomic E-state index is 13.1. The molecule has 94 valence electrons. The van der Waals surface area contributed by atoms with Gasteiger partial charge >= 0.3 is 0 Å². The van der Waals surface area contributed by atoms with Crippen molar-refractivity contribution in [2.24, 2.45) is 0 Å². The SMILES string of the molecule is CCCNC1CCS(=O)(=O)c2cc(F)ccc21. The molecule has 1 aliphatic heterocycles. The predicted octanol–water partition coefficient (Wildman–Crippen LogP) is 2.04. The molecule has 0 aromatic heterocycles. The maximum Gasteiger partial charge on any atom is 0.178 e. The lowest BCUT2D eigenvalue weighted by molar-refractivity contribution is 0.489. The zero-order chi connectivity index (χ0) is 12.5. The quantitative estimate of drug-likeness (QED) is 0.901. The van der Waals surface area contributed by atoms with Crippen molar-refractivity contribution >= 4 is 9.84 Å². The topological polar surface area (TPSA) is 46.2 Å². The second-order valence-electron chi connectivity index (χ2n) is 4.30. The zero-order valence-corrected chi connectivity index (χ0v) is 10.6. The smallest absolute Gasteiger partial charge is 0.178 e. The van der Waals surface area contributed by atoms with Crippen molar-refractivity contribution in [3.63, 3.8) is 0 Å². The van der Waals surface area contributed by atoms with E-state index in [1.165, 1.54) is 6.07 Å². The van der Waals surface area contributed by atoms with E-state index in [1.54, 1.807) is 6.07 Å². The molecule has 1 atom stereocenters. The highest BCUT2D eigenvalue weighted by molar-refractivity contribution is 7.91. The van der Waals surface area contributed by atoms with Gasteiger partial charge in [0, 0.05) is 6.04 Å². The molecule has 1 aromatic carbocycles. The van der Waals surface area contributed by atoms with Crippen LogP contribution in [-0.2, 0) is 9.84 Å². The number of rotatable bonds is 3. The van der Waals surface area contributed by atoms with Crippen LogP contribution in [-0.4, -0.2) is 20.7 Å². The molecule has 1 unspecified atom stereocenters. The molecule has 0 saturated heterocycles. The van der Waals surface area contributed by atoms with Crippen LogP contribution in [0.15, 0.2) is 23.1 Å². The maximum atomic E-state index is 13.1. The fourth-order valence-corrected chi connectivity index (χ4v) is 3.76. The molecule has 5 heteroatoms. The highest BCUT2D eigenvalue weighted by Crippen LogP contribution is 2.32. The molecular weight excluding hydrogens is 241 g/mol. The molecule has 3 nitrogen and oxygen atoms in total. The summed E-state index contributed by atoms with van der Waals surface area (Å²) < 4.78 is 36.8. The van der Waals surface area contributed by atoms with E-state index in [0.29, 0.717) is 12.0 Å². The van der Waals surface area contributed by atoms with E-state index < -0.39 is 15.7 Å². The standard InChI is InChI=1S/C12H16FNO2S/c1-2-6-14-11-5-7-17(15,16)12-8-9(13)3-4-10(11)12/h3-4,8,11,14H,2,5-7H2,1H3. The van der Waals surface area contributed by atoms with Crippen LogP contribution in [0.2, 0.25) is 0 Å². The van der Waals surface area contributed by atoms with Gasteiger partial charge in [0.2, 0.25) is 0 Å². The average Bonchev–Trinajstić information content (AvgIpc) is 2.29. The lowest BCUT2D eigenvalue weighted by atomic mass is 10.0. The molecule has 0 amide bonds. The van der Waals surface area contributed by atoms with Crippen molar-refractivity contribution in [3.05, 3.63) is 29.6 Å². The van der Waals surface area contributed by atoms with Gasteiger partial charge in [0.25, 0.3) is 0 Å². The van der Waals surface area contributed by atoms with Crippen LogP contribution < -0.4 is 5.32 Å². The number of hydrogen-bond donors (Lipinski definition) is 1. The van der Waals surface area contributed by atoms with Gasteiger partial charge in [-0.05, 0) is 37.1 Å². The van der Waals surface area contributed by atoms with Crippen LogP contribution in [0.1, 0.15) is 31.4 Å². The Hall–Kier alpha value is -0.940. The van der Waals surface area contributed by atoms with Gasteiger partial charge in [0.05, 0.1) is 10.6 Å². The fourth-order valence-electron chi connectivity index (χ4n) is 2.13. The second-order valence-corrected chi connectivity index (χ2v) is 6.37. The first kappa shape index (κ1) is 12.5. The molecule has 1 aliphatic rings. The Labute approximate surface area is 101 Å². The minimum atomic E-state index is -3.30. The van der Waals surface area contributed by atoms with E-state index in [2.05, 4.69) is 12.2 Å². The van der Waals surface area contributed by atoms with Crippen molar-refractivity contribution in [1.82, 2.24) is 5.32 Å². The number of sulfone groups is 1. The summed E-state index contributed by atoms with van der Waals surface area (Å²) >= 11 is 0. The largest absolute Gasteiger partial charge is 0.310 e. The minimum Gasteiger partial charge on any atom is -0.310 e. The fraction of sp³-hybridized carbons (Fsp3) is 0.500. The number of nitrogens with one attached hydrogen (secondary N) is 1. The second kappa shape index (κ2) is 4.74. The number of halogens is 1. The lowest BCUT2D eigenvalue weighted by Gasteiger charge is -2.26. The van der Waals surface area contributed by atoms with E-state index in [9.17, 15) is 12.8 Å². The first-order valence-electron chi connectivity index (χ1n) is 5.80. The van der Waals surface area contributed by atoms with Gasteiger partial charge in [0.1, 0.15) is 5.82 Å². The van der Waals surface area contributed by atoms with Crippen molar-refractivity contribution in [3.8, 4) is 0 Å². The van der Waals surface area contributed by atoms with Gasteiger partial charge < -0.3 is 5.32 Å². The van der Waals surface area contributed by atoms with Gasteiger partial charge in [-0.3, -0.25) is 0 Å². The van der Waals surface area contributed by atoms with Crippen LogP contribution >= 0.6 is 0 Å². The monoisotopic (exact) mass is 257 g/mol. The van der Waals surface area contributed by atoms with E-state index in [-0.39, 0.29) is 16.7 Å². The zero-order valence-electron chi connectivity index (χ0n) is 9.74. The van der Waals surface area contributed by atoms with Crippen LogP contribution in [0, 0.1) is 5.82 Å². The van der Waals surface area contributed by atoms with Crippen LogP contribution in [0.3, 0.4) is 0 Å². The van der Waals surface area contributed by atoms with Gasteiger partial charge in [-0.2, -0.15) is 0 Å². The Kier molecular flexibility index (Phi) is 3.49. The van der Waals surface area contributed by atoms with Crippen LogP contribution in [0.4, 0.5) is 4.39 Å². The third-order valence-corrected chi connectivity index (χ3v) is 4.80. The van der Waals surface area contributed by atoms with E-state index in [0.717, 1.165) is 19.0 Å². The Morgan fingerprint density at radius 1 is 1.47 bits per heavy atom. The Bertz CT molecular complexity index is 513. The minimum absolute atomic E-state index is 0.0223. The molecule has 1 heterocycles. The van der Waals surface area contributed by atoms with Gasteiger partial charge in [-0.25, -0.2) is 12.8 Å². The normalized spacial score (nSPS) is 22.1. The summed E-state index contributed by atoms with van der Waals surface area (Å²) in [5, 5.41) is 3.30. The molecular formula is C12H16FNO2S. The van der Waals surface area contributed by atoms with Crippen LogP contribution in [0.25, 0.3) is 0 Å². The predicted molar refractivity (Wildman–Crippen MR) is 64.1 cm³/mol. The summed E-state index contributed by atoms with van der Waals surface area (Å²) in [5.41, 5.74) is 0.700. The number of hydrogen-bond acceptors (Lipinski definition) is 3. The molecule has 0 bridgehead atoms. The first-order valence-corrected chi connectivity index (χ1v) is 7.45. The summed E-state index contributed by atoms with van der Waals surface area (Å²) in [5.74, 6) is -0.409. The Balaban J connectivity index is 2.41. The molecule has 0 spiro atoms. The van der Waals surface area contributed by atoms with E-state index >= 15 is 0 Å². The Morgan fingerprint density at radius 3 is 2.94 bits per heavy atom. The molecule has 2 rings (SSSR count). The van der Waals surface area contributed by atoms with Crippen LogP contribution in [0.5, 0.6) is 0 Å². The summed E-state index contributed by atoms with van der Waals surface area (Å²) in [4.78, 5) is 0.150. The van der Waals surface area contributed by atoms with Crippen molar-refractivity contribution < 1.29 is 12.8 Å². The molecule has 0 fully saturated rings. The molecule has 1 aromatic rings. The van der Waals surface area contributed by atoms with Gasteiger partial charge in [0.15, 0.2) is 9.84 Å². The van der Waals surface area contributed by atoms with Crippen molar-refractivity contribution in [2.45, 2.75) is 30.7 Å². The summed E-state index contributed by atoms with van der Waals surface area (Å²) in [6, 6.07) is 4.05. The van der Waals surface area contributed by atoms with Gasteiger partial charge in [-0.15, -0.1) is 0 Å². The average molecular weight is 257 g/mol. The van der Waals surface area contributed by atoms with Gasteiger partial charge in [-0.1, -0.05) is 13.0 Å². The van der Waals surface area contributed by atoms with Crippen molar-refractivity contribution in [2.75, 3.05) is 12.3 Å². The molecule has 1 N–H and O–H groups in total. The highest BCUT2D eigenvalue weighted by Gasteiger charge is 2.30.